The first kappa shape index (κ1) is 22.2. The minimum Gasteiger partial charge on any atom is -0.497 e. The van der Waals surface area contributed by atoms with Gasteiger partial charge in [0.15, 0.2) is 0 Å². The summed E-state index contributed by atoms with van der Waals surface area (Å²) in [7, 11) is 1.60. The standard InChI is InChI=1S/C23H29N3O3S/c1-3-30-21-7-5-4-6-20(21)23(28)26-16-14-25(15-17-26)13-12-24-22(27)18-8-10-19(29-2)11-9-18/h4-11H,3,12-17H2,1-2H3,(H,24,27). The van der Waals surface area contributed by atoms with E-state index >= 15 is 0 Å². The summed E-state index contributed by atoms with van der Waals surface area (Å²) < 4.78 is 5.11. The Balaban J connectivity index is 1.43. The highest BCUT2D eigenvalue weighted by atomic mass is 32.2. The highest BCUT2D eigenvalue weighted by molar-refractivity contribution is 7.99. The first-order chi connectivity index (χ1) is 14.6. The van der Waals surface area contributed by atoms with E-state index in [4.69, 9.17) is 4.74 Å². The maximum Gasteiger partial charge on any atom is 0.255 e. The molecule has 3 rings (SSSR count). The molecule has 0 saturated carbocycles. The van der Waals surface area contributed by atoms with Gasteiger partial charge >= 0.3 is 0 Å². The van der Waals surface area contributed by atoms with Gasteiger partial charge in [-0.2, -0.15) is 0 Å². The molecule has 1 aliphatic heterocycles. The Kier molecular flexibility index (Phi) is 8.16. The molecule has 6 nitrogen and oxygen atoms in total. The molecule has 0 unspecified atom stereocenters. The first-order valence-electron chi connectivity index (χ1n) is 10.3. The van der Waals surface area contributed by atoms with Crippen molar-refractivity contribution in [1.82, 2.24) is 15.1 Å². The lowest BCUT2D eigenvalue weighted by atomic mass is 10.2. The normalized spacial score (nSPS) is 14.4. The summed E-state index contributed by atoms with van der Waals surface area (Å²) in [5.74, 6) is 1.70. The van der Waals surface area contributed by atoms with Crippen LogP contribution in [0.3, 0.4) is 0 Å². The van der Waals surface area contributed by atoms with Crippen molar-refractivity contribution in [2.45, 2.75) is 11.8 Å². The predicted octanol–water partition coefficient (Wildman–Crippen LogP) is 3.00. The van der Waals surface area contributed by atoms with Crippen LogP contribution in [0.4, 0.5) is 0 Å². The lowest BCUT2D eigenvalue weighted by Gasteiger charge is -2.35. The second-order valence-corrected chi connectivity index (χ2v) is 8.35. The van der Waals surface area contributed by atoms with Gasteiger partial charge in [0.2, 0.25) is 0 Å². The first-order valence-corrected chi connectivity index (χ1v) is 11.3. The van der Waals surface area contributed by atoms with Crippen LogP contribution in [0, 0.1) is 0 Å². The number of benzene rings is 2. The molecular formula is C23H29N3O3S. The van der Waals surface area contributed by atoms with Crippen LogP contribution in [0.1, 0.15) is 27.6 Å². The van der Waals surface area contributed by atoms with E-state index in [0.717, 1.165) is 41.6 Å². The van der Waals surface area contributed by atoms with Crippen molar-refractivity contribution in [2.75, 3.05) is 52.1 Å². The summed E-state index contributed by atoms with van der Waals surface area (Å²) in [6.07, 6.45) is 0. The molecule has 2 aromatic carbocycles. The summed E-state index contributed by atoms with van der Waals surface area (Å²) in [6, 6.07) is 14.9. The molecule has 1 fully saturated rings. The van der Waals surface area contributed by atoms with E-state index in [1.165, 1.54) is 0 Å². The summed E-state index contributed by atoms with van der Waals surface area (Å²) >= 11 is 1.70. The molecule has 2 aromatic rings. The van der Waals surface area contributed by atoms with Crippen LogP contribution in [0.2, 0.25) is 0 Å². The van der Waals surface area contributed by atoms with E-state index in [1.54, 1.807) is 43.1 Å². The molecule has 0 aliphatic carbocycles. The van der Waals surface area contributed by atoms with Crippen molar-refractivity contribution in [2.24, 2.45) is 0 Å². The SMILES string of the molecule is CCSc1ccccc1C(=O)N1CCN(CCNC(=O)c2ccc(OC)cc2)CC1. The monoisotopic (exact) mass is 427 g/mol. The number of ether oxygens (including phenoxy) is 1. The van der Waals surface area contributed by atoms with Crippen LogP contribution in [-0.4, -0.2) is 73.7 Å². The number of nitrogens with one attached hydrogen (secondary N) is 1. The smallest absolute Gasteiger partial charge is 0.255 e. The number of methoxy groups -OCH3 is 1. The topological polar surface area (TPSA) is 61.9 Å². The number of hydrogen-bond donors (Lipinski definition) is 1. The number of carbonyl (C=O) groups excluding carboxylic acids is 2. The van der Waals surface area contributed by atoms with Crippen LogP contribution >= 0.6 is 11.8 Å². The average Bonchev–Trinajstić information content (AvgIpc) is 2.79. The molecule has 7 heteroatoms. The second kappa shape index (κ2) is 11.0. The maximum absolute atomic E-state index is 12.9. The van der Waals surface area contributed by atoms with Crippen LogP contribution in [0.5, 0.6) is 5.75 Å². The molecule has 1 N–H and O–H groups in total. The Morgan fingerprint density at radius 2 is 1.73 bits per heavy atom. The van der Waals surface area contributed by atoms with Crippen molar-refractivity contribution in [1.29, 1.82) is 0 Å². The Morgan fingerprint density at radius 3 is 2.40 bits per heavy atom. The van der Waals surface area contributed by atoms with E-state index in [9.17, 15) is 9.59 Å². The maximum atomic E-state index is 12.9. The molecule has 0 atom stereocenters. The van der Waals surface area contributed by atoms with E-state index in [-0.39, 0.29) is 11.8 Å². The Bertz CT molecular complexity index is 849. The molecule has 160 valence electrons. The fourth-order valence-corrected chi connectivity index (χ4v) is 4.24. The number of amides is 2. The molecule has 2 amide bonds. The second-order valence-electron chi connectivity index (χ2n) is 7.05. The van der Waals surface area contributed by atoms with Crippen LogP contribution in [0.25, 0.3) is 0 Å². The zero-order valence-electron chi connectivity index (χ0n) is 17.6. The molecule has 0 spiro atoms. The molecule has 0 aromatic heterocycles. The molecule has 1 saturated heterocycles. The van der Waals surface area contributed by atoms with Gasteiger partial charge in [0.05, 0.1) is 12.7 Å². The van der Waals surface area contributed by atoms with Gasteiger partial charge < -0.3 is 15.0 Å². The van der Waals surface area contributed by atoms with Crippen molar-refractivity contribution in [3.8, 4) is 5.75 Å². The third-order valence-electron chi connectivity index (χ3n) is 5.14. The molecule has 0 radical (unpaired) electrons. The summed E-state index contributed by atoms with van der Waals surface area (Å²) in [4.78, 5) is 30.4. The summed E-state index contributed by atoms with van der Waals surface area (Å²) in [6.45, 7) is 6.48. The van der Waals surface area contributed by atoms with Gasteiger partial charge in [0, 0.05) is 49.7 Å². The van der Waals surface area contributed by atoms with Gasteiger partial charge in [-0.1, -0.05) is 19.1 Å². The molecule has 1 heterocycles. The fourth-order valence-electron chi connectivity index (χ4n) is 3.44. The largest absolute Gasteiger partial charge is 0.497 e. The zero-order valence-corrected chi connectivity index (χ0v) is 18.4. The fraction of sp³-hybridized carbons (Fsp3) is 0.391. The molecular weight excluding hydrogens is 398 g/mol. The molecule has 30 heavy (non-hydrogen) atoms. The highest BCUT2D eigenvalue weighted by Gasteiger charge is 2.23. The van der Waals surface area contributed by atoms with Crippen molar-refractivity contribution < 1.29 is 14.3 Å². The lowest BCUT2D eigenvalue weighted by Crippen LogP contribution is -2.50. The van der Waals surface area contributed by atoms with E-state index < -0.39 is 0 Å². The van der Waals surface area contributed by atoms with E-state index in [0.29, 0.717) is 25.2 Å². The quantitative estimate of drug-likeness (QED) is 0.657. The third-order valence-corrected chi connectivity index (χ3v) is 6.10. The molecule has 1 aliphatic rings. The summed E-state index contributed by atoms with van der Waals surface area (Å²) in [5, 5.41) is 2.96. The molecule has 0 bridgehead atoms. The van der Waals surface area contributed by atoms with Gasteiger partial charge in [-0.3, -0.25) is 14.5 Å². The van der Waals surface area contributed by atoms with Gasteiger partial charge in [-0.15, -0.1) is 11.8 Å². The van der Waals surface area contributed by atoms with Gasteiger partial charge in [0.25, 0.3) is 11.8 Å². The highest BCUT2D eigenvalue weighted by Crippen LogP contribution is 2.24. The van der Waals surface area contributed by atoms with Crippen molar-refractivity contribution >= 4 is 23.6 Å². The number of piperazine rings is 1. The van der Waals surface area contributed by atoms with Gasteiger partial charge in [-0.05, 0) is 42.2 Å². The van der Waals surface area contributed by atoms with Crippen LogP contribution < -0.4 is 10.1 Å². The van der Waals surface area contributed by atoms with E-state index in [1.807, 2.05) is 29.2 Å². The lowest BCUT2D eigenvalue weighted by molar-refractivity contribution is 0.0634. The van der Waals surface area contributed by atoms with Crippen LogP contribution in [0.15, 0.2) is 53.4 Å². The van der Waals surface area contributed by atoms with Gasteiger partial charge in [0.1, 0.15) is 5.75 Å². The van der Waals surface area contributed by atoms with Gasteiger partial charge in [-0.25, -0.2) is 0 Å². The van der Waals surface area contributed by atoms with Crippen LogP contribution in [-0.2, 0) is 0 Å². The summed E-state index contributed by atoms with van der Waals surface area (Å²) in [5.41, 5.74) is 1.42. The minimum atomic E-state index is -0.0866. The Hall–Kier alpha value is -2.51. The number of nitrogens with zero attached hydrogens (tertiary/aromatic N) is 2. The number of rotatable bonds is 8. The Labute approximate surface area is 182 Å². The Morgan fingerprint density at radius 1 is 1.03 bits per heavy atom. The zero-order chi connectivity index (χ0) is 21.3. The number of carbonyl (C=O) groups is 2. The third kappa shape index (κ3) is 5.77. The predicted molar refractivity (Wildman–Crippen MR) is 121 cm³/mol. The number of hydrogen-bond acceptors (Lipinski definition) is 5. The number of thioether (sulfide) groups is 1. The van der Waals surface area contributed by atoms with Crippen molar-refractivity contribution in [3.63, 3.8) is 0 Å². The average molecular weight is 428 g/mol. The minimum absolute atomic E-state index is 0.0866. The van der Waals surface area contributed by atoms with E-state index in [2.05, 4.69) is 17.1 Å². The van der Waals surface area contributed by atoms with Crippen molar-refractivity contribution in [3.05, 3.63) is 59.7 Å².